The number of benzene rings is 2. The van der Waals surface area contributed by atoms with Crippen LogP contribution in [0.4, 0.5) is 0 Å². The van der Waals surface area contributed by atoms with E-state index in [0.717, 1.165) is 32.5 Å². The Morgan fingerprint density at radius 1 is 0.923 bits per heavy atom. The van der Waals surface area contributed by atoms with Gasteiger partial charge >= 0.3 is 0 Å². The van der Waals surface area contributed by atoms with Gasteiger partial charge in [-0.3, -0.25) is 4.90 Å². The molecule has 0 atom stereocenters. The van der Waals surface area contributed by atoms with Gasteiger partial charge in [0, 0.05) is 32.7 Å². The number of hydrogen-bond donors (Lipinski definition) is 0. The van der Waals surface area contributed by atoms with Gasteiger partial charge < -0.3 is 0 Å². The first-order valence-electron chi connectivity index (χ1n) is 9.36. The Kier molecular flexibility index (Phi) is 6.12. The zero-order chi connectivity index (χ0) is 18.6. The molecule has 4 nitrogen and oxygen atoms in total. The number of nitrogens with zero attached hydrogens (tertiary/aromatic N) is 2. The molecule has 26 heavy (non-hydrogen) atoms. The predicted octanol–water partition coefficient (Wildman–Crippen LogP) is 3.45. The van der Waals surface area contributed by atoms with E-state index in [2.05, 4.69) is 43.0 Å². The molecule has 1 aliphatic heterocycles. The average Bonchev–Trinajstić information content (AvgIpc) is 2.65. The van der Waals surface area contributed by atoms with Gasteiger partial charge in [-0.15, -0.1) is 0 Å². The van der Waals surface area contributed by atoms with Crippen molar-refractivity contribution < 1.29 is 8.42 Å². The van der Waals surface area contributed by atoms with Crippen LogP contribution in [0.15, 0.2) is 53.4 Å². The molecule has 2 aromatic carbocycles. The molecular formula is C21H28N2O2S. The molecule has 5 heteroatoms. The van der Waals surface area contributed by atoms with E-state index in [1.54, 1.807) is 16.4 Å². The Bertz CT molecular complexity index is 823. The molecule has 1 heterocycles. The summed E-state index contributed by atoms with van der Waals surface area (Å²) in [7, 11) is -3.39. The summed E-state index contributed by atoms with van der Waals surface area (Å²) >= 11 is 0. The van der Waals surface area contributed by atoms with Gasteiger partial charge in [0.2, 0.25) is 10.0 Å². The fourth-order valence-corrected chi connectivity index (χ4v) is 4.84. The Morgan fingerprint density at radius 2 is 1.58 bits per heavy atom. The molecular weight excluding hydrogens is 344 g/mol. The zero-order valence-electron chi connectivity index (χ0n) is 15.7. The number of sulfonamides is 1. The maximum Gasteiger partial charge on any atom is 0.243 e. The minimum atomic E-state index is -3.39. The maximum atomic E-state index is 12.9. The summed E-state index contributed by atoms with van der Waals surface area (Å²) in [6.07, 6.45) is 2.05. The lowest BCUT2D eigenvalue weighted by atomic mass is 10.1. The fourth-order valence-electron chi connectivity index (χ4n) is 3.42. The molecule has 0 N–H and O–H groups in total. The summed E-state index contributed by atoms with van der Waals surface area (Å²) in [5.41, 5.74) is 3.79. The van der Waals surface area contributed by atoms with Crippen LogP contribution >= 0.6 is 0 Å². The monoisotopic (exact) mass is 372 g/mol. The van der Waals surface area contributed by atoms with Crippen LogP contribution in [0.25, 0.3) is 0 Å². The van der Waals surface area contributed by atoms with E-state index in [9.17, 15) is 8.42 Å². The zero-order valence-corrected chi connectivity index (χ0v) is 16.5. The van der Waals surface area contributed by atoms with Crippen LogP contribution in [0.5, 0.6) is 0 Å². The summed E-state index contributed by atoms with van der Waals surface area (Å²) in [6, 6.07) is 15.8. The van der Waals surface area contributed by atoms with Crippen LogP contribution in [0.3, 0.4) is 0 Å². The first kappa shape index (κ1) is 19.1. The van der Waals surface area contributed by atoms with Gasteiger partial charge in [-0.05, 0) is 42.2 Å². The SMILES string of the molecule is CCCc1ccc(S(=O)(=O)N2CCN(Cc3ccccc3C)CC2)cc1. The first-order chi connectivity index (χ1) is 12.5. The van der Waals surface area contributed by atoms with Crippen LogP contribution in [0.2, 0.25) is 0 Å². The van der Waals surface area contributed by atoms with Crippen molar-refractivity contribution in [2.45, 2.75) is 38.1 Å². The van der Waals surface area contributed by atoms with Gasteiger partial charge in [0.1, 0.15) is 0 Å². The van der Waals surface area contributed by atoms with Crippen molar-refractivity contribution in [2.24, 2.45) is 0 Å². The fraction of sp³-hybridized carbons (Fsp3) is 0.429. The predicted molar refractivity (Wildman–Crippen MR) is 106 cm³/mol. The third-order valence-electron chi connectivity index (χ3n) is 5.09. The molecule has 2 aromatic rings. The first-order valence-corrected chi connectivity index (χ1v) is 10.8. The second-order valence-corrected chi connectivity index (χ2v) is 8.94. The lowest BCUT2D eigenvalue weighted by Crippen LogP contribution is -2.48. The van der Waals surface area contributed by atoms with E-state index >= 15 is 0 Å². The highest BCUT2D eigenvalue weighted by atomic mass is 32.2. The van der Waals surface area contributed by atoms with Crippen molar-refractivity contribution in [2.75, 3.05) is 26.2 Å². The van der Waals surface area contributed by atoms with Gasteiger partial charge in [-0.2, -0.15) is 4.31 Å². The van der Waals surface area contributed by atoms with Crippen molar-refractivity contribution in [3.05, 3.63) is 65.2 Å². The van der Waals surface area contributed by atoms with E-state index in [4.69, 9.17) is 0 Å². The summed E-state index contributed by atoms with van der Waals surface area (Å²) in [5.74, 6) is 0. The van der Waals surface area contributed by atoms with Crippen LogP contribution in [0.1, 0.15) is 30.0 Å². The molecule has 0 amide bonds. The Labute approximate surface area is 157 Å². The molecule has 140 valence electrons. The standard InChI is InChI=1S/C21H28N2O2S/c1-3-6-19-9-11-21(12-10-19)26(24,25)23-15-13-22(14-16-23)17-20-8-5-4-7-18(20)2/h4-5,7-12H,3,6,13-17H2,1-2H3. The second-order valence-electron chi connectivity index (χ2n) is 7.00. The van der Waals surface area contributed by atoms with Gasteiger partial charge in [0.05, 0.1) is 4.90 Å². The average molecular weight is 373 g/mol. The molecule has 0 unspecified atom stereocenters. The molecule has 0 spiro atoms. The summed E-state index contributed by atoms with van der Waals surface area (Å²) in [4.78, 5) is 2.74. The van der Waals surface area contributed by atoms with Gasteiger partial charge in [0.15, 0.2) is 0 Å². The molecule has 0 aliphatic carbocycles. The normalized spacial score (nSPS) is 16.7. The minimum absolute atomic E-state index is 0.407. The second kappa shape index (κ2) is 8.33. The molecule has 1 saturated heterocycles. The van der Waals surface area contributed by atoms with E-state index in [1.165, 1.54) is 16.7 Å². The minimum Gasteiger partial charge on any atom is -0.296 e. The Hall–Kier alpha value is -1.69. The largest absolute Gasteiger partial charge is 0.296 e. The number of rotatable bonds is 6. The van der Waals surface area contributed by atoms with Crippen LogP contribution in [-0.2, 0) is 23.0 Å². The summed E-state index contributed by atoms with van der Waals surface area (Å²) in [6.45, 7) is 7.75. The summed E-state index contributed by atoms with van der Waals surface area (Å²) < 4.78 is 27.4. The third-order valence-corrected chi connectivity index (χ3v) is 7.00. The van der Waals surface area contributed by atoms with Crippen molar-refractivity contribution in [1.82, 2.24) is 9.21 Å². The van der Waals surface area contributed by atoms with Gasteiger partial charge in [0.25, 0.3) is 0 Å². The van der Waals surface area contributed by atoms with E-state index in [1.807, 2.05) is 12.1 Å². The van der Waals surface area contributed by atoms with Crippen LogP contribution in [-0.4, -0.2) is 43.8 Å². The molecule has 0 bridgehead atoms. The van der Waals surface area contributed by atoms with Gasteiger partial charge in [-0.25, -0.2) is 8.42 Å². The highest BCUT2D eigenvalue weighted by Crippen LogP contribution is 2.20. The van der Waals surface area contributed by atoms with E-state index < -0.39 is 10.0 Å². The molecule has 1 fully saturated rings. The number of piperazine rings is 1. The quantitative estimate of drug-likeness (QED) is 0.780. The Balaban J connectivity index is 1.62. The van der Waals surface area contributed by atoms with Crippen molar-refractivity contribution in [1.29, 1.82) is 0 Å². The summed E-state index contributed by atoms with van der Waals surface area (Å²) in [5, 5.41) is 0. The van der Waals surface area contributed by atoms with Crippen molar-refractivity contribution >= 4 is 10.0 Å². The topological polar surface area (TPSA) is 40.6 Å². The van der Waals surface area contributed by atoms with Crippen LogP contribution in [0, 0.1) is 6.92 Å². The smallest absolute Gasteiger partial charge is 0.243 e. The van der Waals surface area contributed by atoms with E-state index in [-0.39, 0.29) is 0 Å². The van der Waals surface area contributed by atoms with Crippen molar-refractivity contribution in [3.8, 4) is 0 Å². The van der Waals surface area contributed by atoms with Crippen LogP contribution < -0.4 is 0 Å². The van der Waals surface area contributed by atoms with Crippen molar-refractivity contribution in [3.63, 3.8) is 0 Å². The van der Waals surface area contributed by atoms with Gasteiger partial charge in [-0.1, -0.05) is 49.7 Å². The maximum absolute atomic E-state index is 12.9. The molecule has 3 rings (SSSR count). The molecule has 1 aliphatic rings. The molecule has 0 aromatic heterocycles. The number of aryl methyl sites for hydroxylation is 2. The lowest BCUT2D eigenvalue weighted by Gasteiger charge is -2.34. The highest BCUT2D eigenvalue weighted by Gasteiger charge is 2.28. The third kappa shape index (κ3) is 4.34. The van der Waals surface area contributed by atoms with E-state index in [0.29, 0.717) is 18.0 Å². The molecule has 0 saturated carbocycles. The lowest BCUT2D eigenvalue weighted by molar-refractivity contribution is 0.181. The Morgan fingerprint density at radius 3 is 2.19 bits per heavy atom. The number of hydrogen-bond acceptors (Lipinski definition) is 3. The highest BCUT2D eigenvalue weighted by molar-refractivity contribution is 7.89. The molecule has 0 radical (unpaired) electrons.